The molecule has 0 heterocycles. The zero-order chi connectivity index (χ0) is 11.2. The van der Waals surface area contributed by atoms with Crippen molar-refractivity contribution in [2.75, 3.05) is 6.54 Å². The van der Waals surface area contributed by atoms with E-state index in [-0.39, 0.29) is 12.3 Å². The lowest BCUT2D eigenvalue weighted by Gasteiger charge is -2.21. The van der Waals surface area contributed by atoms with Crippen LogP contribution >= 0.6 is 0 Å². The second-order valence-electron chi connectivity index (χ2n) is 3.08. The van der Waals surface area contributed by atoms with Crippen molar-refractivity contribution in [1.29, 1.82) is 0 Å². The van der Waals surface area contributed by atoms with E-state index < -0.39 is 11.8 Å². The van der Waals surface area contributed by atoms with Crippen LogP contribution in [0.15, 0.2) is 0 Å². The Labute approximate surface area is 82.3 Å². The maximum Gasteiger partial charge on any atom is 0.246 e. The SMILES string of the molecule is CC(=O)NCCCC(O)(O)NC(C)=O. The van der Waals surface area contributed by atoms with Crippen molar-refractivity contribution in [3.8, 4) is 0 Å². The molecule has 2 amide bonds. The standard InChI is InChI=1S/C8H16N2O4/c1-6(11)9-5-3-4-8(13,14)10-7(2)12/h13-14H,3-5H2,1-2H3,(H,9,11)(H,10,12). The minimum absolute atomic E-state index is 0.0349. The molecule has 0 bridgehead atoms. The number of hydrogen-bond donors (Lipinski definition) is 4. The Morgan fingerprint density at radius 2 is 1.79 bits per heavy atom. The van der Waals surface area contributed by atoms with Gasteiger partial charge in [-0.05, 0) is 6.42 Å². The van der Waals surface area contributed by atoms with Gasteiger partial charge in [0.15, 0.2) is 0 Å². The Morgan fingerprint density at radius 1 is 1.21 bits per heavy atom. The van der Waals surface area contributed by atoms with Crippen molar-refractivity contribution >= 4 is 11.8 Å². The fourth-order valence-corrected chi connectivity index (χ4v) is 0.944. The van der Waals surface area contributed by atoms with Gasteiger partial charge in [0.25, 0.3) is 0 Å². The number of rotatable bonds is 5. The second-order valence-corrected chi connectivity index (χ2v) is 3.08. The molecule has 0 unspecified atom stereocenters. The van der Waals surface area contributed by atoms with Gasteiger partial charge in [-0.25, -0.2) is 0 Å². The van der Waals surface area contributed by atoms with Gasteiger partial charge in [-0.15, -0.1) is 0 Å². The molecular weight excluding hydrogens is 188 g/mol. The average molecular weight is 204 g/mol. The van der Waals surface area contributed by atoms with Crippen molar-refractivity contribution in [2.45, 2.75) is 32.6 Å². The third-order valence-electron chi connectivity index (χ3n) is 1.45. The quantitative estimate of drug-likeness (QED) is 0.329. The fourth-order valence-electron chi connectivity index (χ4n) is 0.944. The maximum absolute atomic E-state index is 10.5. The van der Waals surface area contributed by atoms with Gasteiger partial charge in [0.05, 0.1) is 0 Å². The van der Waals surface area contributed by atoms with E-state index in [4.69, 9.17) is 10.2 Å². The van der Waals surface area contributed by atoms with Gasteiger partial charge in [-0.3, -0.25) is 9.59 Å². The van der Waals surface area contributed by atoms with E-state index in [0.717, 1.165) is 0 Å². The number of hydrogen-bond acceptors (Lipinski definition) is 4. The summed E-state index contributed by atoms with van der Waals surface area (Å²) in [5.74, 6) is -2.88. The van der Waals surface area contributed by atoms with Crippen LogP contribution in [0.2, 0.25) is 0 Å². The summed E-state index contributed by atoms with van der Waals surface area (Å²) in [6.07, 6.45) is 0.333. The van der Waals surface area contributed by atoms with E-state index in [1.807, 2.05) is 5.32 Å². The fraction of sp³-hybridized carbons (Fsp3) is 0.750. The minimum Gasteiger partial charge on any atom is -0.356 e. The van der Waals surface area contributed by atoms with E-state index in [1.54, 1.807) is 0 Å². The smallest absolute Gasteiger partial charge is 0.246 e. The molecule has 14 heavy (non-hydrogen) atoms. The van der Waals surface area contributed by atoms with Crippen LogP contribution < -0.4 is 10.6 Å². The van der Waals surface area contributed by atoms with Crippen LogP contribution in [0, 0.1) is 0 Å². The maximum atomic E-state index is 10.5. The summed E-state index contributed by atoms with van der Waals surface area (Å²) in [5, 5.41) is 22.8. The topological polar surface area (TPSA) is 98.7 Å². The van der Waals surface area contributed by atoms with Crippen LogP contribution in [0.3, 0.4) is 0 Å². The molecule has 0 spiro atoms. The zero-order valence-electron chi connectivity index (χ0n) is 8.33. The number of nitrogens with one attached hydrogen (secondary N) is 2. The van der Waals surface area contributed by atoms with Crippen LogP contribution in [0.25, 0.3) is 0 Å². The van der Waals surface area contributed by atoms with Crippen LogP contribution in [-0.4, -0.2) is 34.5 Å². The molecule has 4 N–H and O–H groups in total. The Balaban J connectivity index is 3.65. The Hall–Kier alpha value is -1.14. The normalized spacial score (nSPS) is 10.9. The van der Waals surface area contributed by atoms with Gasteiger partial charge in [0.1, 0.15) is 0 Å². The van der Waals surface area contributed by atoms with E-state index in [9.17, 15) is 9.59 Å². The molecule has 0 aromatic carbocycles. The lowest BCUT2D eigenvalue weighted by Crippen LogP contribution is -2.47. The number of aliphatic hydroxyl groups is 2. The van der Waals surface area contributed by atoms with Gasteiger partial charge in [-0.2, -0.15) is 0 Å². The van der Waals surface area contributed by atoms with E-state index in [2.05, 4.69) is 5.32 Å². The lowest BCUT2D eigenvalue weighted by molar-refractivity contribution is -0.193. The molecule has 0 fully saturated rings. The van der Waals surface area contributed by atoms with Gasteiger partial charge in [0.2, 0.25) is 17.7 Å². The molecule has 6 heteroatoms. The largest absolute Gasteiger partial charge is 0.356 e. The highest BCUT2D eigenvalue weighted by Gasteiger charge is 2.22. The first-order valence-electron chi connectivity index (χ1n) is 4.31. The molecule has 0 aliphatic carbocycles. The van der Waals surface area contributed by atoms with E-state index >= 15 is 0 Å². The van der Waals surface area contributed by atoms with Gasteiger partial charge >= 0.3 is 0 Å². The molecule has 0 atom stereocenters. The van der Waals surface area contributed by atoms with Gasteiger partial charge in [0, 0.05) is 26.8 Å². The summed E-state index contributed by atoms with van der Waals surface area (Å²) < 4.78 is 0. The van der Waals surface area contributed by atoms with Crippen molar-refractivity contribution in [2.24, 2.45) is 0 Å². The lowest BCUT2D eigenvalue weighted by atomic mass is 10.2. The minimum atomic E-state index is -2.19. The van der Waals surface area contributed by atoms with Crippen LogP contribution in [0.1, 0.15) is 26.7 Å². The predicted molar refractivity (Wildman–Crippen MR) is 48.9 cm³/mol. The van der Waals surface area contributed by atoms with Crippen molar-refractivity contribution in [3.05, 3.63) is 0 Å². The van der Waals surface area contributed by atoms with Crippen molar-refractivity contribution < 1.29 is 19.8 Å². The second kappa shape index (κ2) is 5.56. The highest BCUT2D eigenvalue weighted by Crippen LogP contribution is 2.03. The van der Waals surface area contributed by atoms with Crippen molar-refractivity contribution in [3.63, 3.8) is 0 Å². The predicted octanol–water partition coefficient (Wildman–Crippen LogP) is -1.32. The first-order valence-corrected chi connectivity index (χ1v) is 4.31. The molecule has 0 aromatic heterocycles. The molecule has 0 saturated carbocycles. The average Bonchev–Trinajstić information content (AvgIpc) is 1.95. The summed E-state index contributed by atoms with van der Waals surface area (Å²) in [4.78, 5) is 20.9. The molecule has 0 saturated heterocycles. The zero-order valence-corrected chi connectivity index (χ0v) is 8.33. The first-order chi connectivity index (χ1) is 6.33. The van der Waals surface area contributed by atoms with E-state index in [1.165, 1.54) is 13.8 Å². The molecule has 82 valence electrons. The number of carbonyl (C=O) groups excluding carboxylic acids is 2. The highest BCUT2D eigenvalue weighted by atomic mass is 16.5. The van der Waals surface area contributed by atoms with E-state index in [0.29, 0.717) is 13.0 Å². The first kappa shape index (κ1) is 12.9. The summed E-state index contributed by atoms with van der Waals surface area (Å²) >= 11 is 0. The van der Waals surface area contributed by atoms with Crippen LogP contribution in [-0.2, 0) is 9.59 Å². The summed E-state index contributed by atoms with van der Waals surface area (Å²) in [5.41, 5.74) is 0. The monoisotopic (exact) mass is 204 g/mol. The molecule has 0 aromatic rings. The van der Waals surface area contributed by atoms with Gasteiger partial charge in [-0.1, -0.05) is 0 Å². The van der Waals surface area contributed by atoms with Gasteiger partial charge < -0.3 is 20.8 Å². The summed E-state index contributed by atoms with van der Waals surface area (Å²) in [7, 11) is 0. The molecule has 0 rings (SSSR count). The molecule has 6 nitrogen and oxygen atoms in total. The summed E-state index contributed by atoms with van der Waals surface area (Å²) in [6.45, 7) is 2.91. The molecule has 0 radical (unpaired) electrons. The highest BCUT2D eigenvalue weighted by molar-refractivity contribution is 5.73. The van der Waals surface area contributed by atoms with Crippen LogP contribution in [0.4, 0.5) is 0 Å². The molecule has 0 aliphatic rings. The van der Waals surface area contributed by atoms with Crippen LogP contribution in [0.5, 0.6) is 0 Å². The third-order valence-corrected chi connectivity index (χ3v) is 1.45. The summed E-state index contributed by atoms with van der Waals surface area (Å²) in [6, 6.07) is 0. The molecular formula is C8H16N2O4. The number of amides is 2. The Kier molecular flexibility index (Phi) is 5.11. The van der Waals surface area contributed by atoms with Crippen molar-refractivity contribution in [1.82, 2.24) is 10.6 Å². The Morgan fingerprint density at radius 3 is 2.21 bits per heavy atom. The Bertz CT molecular complexity index is 215. The number of carbonyl (C=O) groups is 2. The molecule has 0 aliphatic heterocycles. The third kappa shape index (κ3) is 7.51.